The second kappa shape index (κ2) is 7.65. The average Bonchev–Trinajstić information content (AvgIpc) is 2.14. The second-order valence-electron chi connectivity index (χ2n) is 4.34. The van der Waals surface area contributed by atoms with Crippen LogP contribution in [0, 0.1) is 5.92 Å². The molecule has 0 aromatic rings. The van der Waals surface area contributed by atoms with Crippen LogP contribution in [-0.2, 0) is 4.79 Å². The minimum Gasteiger partial charge on any atom is -0.481 e. The third-order valence-electron chi connectivity index (χ3n) is 2.36. The lowest BCUT2D eigenvalue weighted by atomic mass is 10.1. The highest BCUT2D eigenvalue weighted by atomic mass is 16.4. The lowest BCUT2D eigenvalue weighted by molar-refractivity contribution is -0.141. The van der Waals surface area contributed by atoms with Gasteiger partial charge in [-0.3, -0.25) is 4.79 Å². The first-order valence-corrected chi connectivity index (χ1v) is 5.57. The van der Waals surface area contributed by atoms with Gasteiger partial charge in [0.15, 0.2) is 0 Å². The molecule has 1 atom stereocenters. The minimum absolute atomic E-state index is 0.279. The minimum atomic E-state index is -0.707. The van der Waals surface area contributed by atoms with E-state index in [0.717, 1.165) is 26.1 Å². The fourth-order valence-electron chi connectivity index (χ4n) is 1.42. The monoisotopic (exact) mass is 216 g/mol. The zero-order chi connectivity index (χ0) is 11.8. The van der Waals surface area contributed by atoms with Crippen molar-refractivity contribution >= 4 is 5.97 Å². The quantitative estimate of drug-likeness (QED) is 0.657. The van der Waals surface area contributed by atoms with E-state index in [1.807, 2.05) is 14.1 Å². The standard InChI is InChI=1S/C11H24N2O2/c1-5-6-13(8-7-12(3)4)9-10(2)11(14)15/h10H,5-9H2,1-4H3,(H,14,15). The maximum atomic E-state index is 10.7. The third-order valence-corrected chi connectivity index (χ3v) is 2.36. The topological polar surface area (TPSA) is 43.8 Å². The first kappa shape index (κ1) is 14.4. The van der Waals surface area contributed by atoms with Gasteiger partial charge < -0.3 is 14.9 Å². The SMILES string of the molecule is CCCN(CCN(C)C)CC(C)C(=O)O. The summed E-state index contributed by atoms with van der Waals surface area (Å²) in [5.41, 5.74) is 0. The van der Waals surface area contributed by atoms with Gasteiger partial charge in [-0.1, -0.05) is 13.8 Å². The van der Waals surface area contributed by atoms with Crippen LogP contribution < -0.4 is 0 Å². The summed E-state index contributed by atoms with van der Waals surface area (Å²) in [4.78, 5) is 15.1. The van der Waals surface area contributed by atoms with Crippen LogP contribution in [0.4, 0.5) is 0 Å². The van der Waals surface area contributed by atoms with Crippen molar-refractivity contribution in [3.8, 4) is 0 Å². The largest absolute Gasteiger partial charge is 0.481 e. The van der Waals surface area contributed by atoms with Crippen molar-refractivity contribution in [2.45, 2.75) is 20.3 Å². The summed E-state index contributed by atoms with van der Waals surface area (Å²) in [6, 6.07) is 0. The molecular weight excluding hydrogens is 192 g/mol. The smallest absolute Gasteiger partial charge is 0.307 e. The molecule has 0 spiro atoms. The molecule has 0 saturated carbocycles. The van der Waals surface area contributed by atoms with Gasteiger partial charge >= 0.3 is 5.97 Å². The molecule has 0 aliphatic rings. The predicted octanol–water partition coefficient (Wildman–Crippen LogP) is 0.981. The fourth-order valence-corrected chi connectivity index (χ4v) is 1.42. The summed E-state index contributed by atoms with van der Waals surface area (Å²) in [6.07, 6.45) is 1.07. The van der Waals surface area contributed by atoms with Gasteiger partial charge in [0.25, 0.3) is 0 Å². The molecule has 0 aliphatic heterocycles. The van der Waals surface area contributed by atoms with Crippen molar-refractivity contribution in [1.82, 2.24) is 9.80 Å². The van der Waals surface area contributed by atoms with Crippen molar-refractivity contribution in [3.63, 3.8) is 0 Å². The Morgan fingerprint density at radius 3 is 2.27 bits per heavy atom. The Kier molecular flexibility index (Phi) is 7.34. The Bertz CT molecular complexity index is 183. The Morgan fingerprint density at radius 1 is 1.27 bits per heavy atom. The number of carbonyl (C=O) groups is 1. The average molecular weight is 216 g/mol. The molecule has 0 rings (SSSR count). The molecule has 0 saturated heterocycles. The molecule has 0 heterocycles. The van der Waals surface area contributed by atoms with Crippen LogP contribution in [0.2, 0.25) is 0 Å². The van der Waals surface area contributed by atoms with Crippen molar-refractivity contribution in [2.75, 3.05) is 40.3 Å². The molecule has 0 aromatic heterocycles. The summed E-state index contributed by atoms with van der Waals surface area (Å²) in [5, 5.41) is 8.84. The Balaban J connectivity index is 3.97. The maximum absolute atomic E-state index is 10.7. The van der Waals surface area contributed by atoms with Gasteiger partial charge in [-0.25, -0.2) is 0 Å². The molecule has 1 unspecified atom stereocenters. The van der Waals surface area contributed by atoms with Crippen molar-refractivity contribution in [3.05, 3.63) is 0 Å². The van der Waals surface area contributed by atoms with Crippen molar-refractivity contribution < 1.29 is 9.90 Å². The molecule has 0 radical (unpaired) electrons. The lowest BCUT2D eigenvalue weighted by Crippen LogP contribution is -2.37. The zero-order valence-corrected chi connectivity index (χ0v) is 10.4. The normalized spacial score (nSPS) is 13.5. The molecule has 0 fully saturated rings. The number of hydrogen-bond donors (Lipinski definition) is 1. The van der Waals surface area contributed by atoms with E-state index in [2.05, 4.69) is 16.7 Å². The molecular formula is C11H24N2O2. The van der Waals surface area contributed by atoms with Crippen molar-refractivity contribution in [2.24, 2.45) is 5.92 Å². The highest BCUT2D eigenvalue weighted by molar-refractivity contribution is 5.69. The summed E-state index contributed by atoms with van der Waals surface area (Å²) in [7, 11) is 4.06. The van der Waals surface area contributed by atoms with Gasteiger partial charge in [0.05, 0.1) is 5.92 Å². The number of hydrogen-bond acceptors (Lipinski definition) is 3. The molecule has 90 valence electrons. The van der Waals surface area contributed by atoms with Gasteiger partial charge in [-0.05, 0) is 27.1 Å². The van der Waals surface area contributed by atoms with Gasteiger partial charge in [0, 0.05) is 19.6 Å². The third kappa shape index (κ3) is 7.33. The van der Waals surface area contributed by atoms with Crippen LogP contribution in [0.25, 0.3) is 0 Å². The predicted molar refractivity (Wildman–Crippen MR) is 62.1 cm³/mol. The maximum Gasteiger partial charge on any atom is 0.307 e. The Labute approximate surface area is 92.9 Å². The molecule has 15 heavy (non-hydrogen) atoms. The van der Waals surface area contributed by atoms with E-state index in [0.29, 0.717) is 6.54 Å². The highest BCUT2D eigenvalue weighted by Crippen LogP contribution is 2.01. The lowest BCUT2D eigenvalue weighted by Gasteiger charge is -2.25. The van der Waals surface area contributed by atoms with Crippen LogP contribution in [0.15, 0.2) is 0 Å². The fraction of sp³-hybridized carbons (Fsp3) is 0.909. The highest BCUT2D eigenvalue weighted by Gasteiger charge is 2.15. The zero-order valence-electron chi connectivity index (χ0n) is 10.4. The molecule has 0 aliphatic carbocycles. The van der Waals surface area contributed by atoms with Crippen molar-refractivity contribution in [1.29, 1.82) is 0 Å². The Hall–Kier alpha value is -0.610. The van der Waals surface area contributed by atoms with Crippen LogP contribution in [0.3, 0.4) is 0 Å². The molecule has 0 bridgehead atoms. The van der Waals surface area contributed by atoms with Crippen LogP contribution in [-0.4, -0.2) is 61.2 Å². The van der Waals surface area contributed by atoms with E-state index in [-0.39, 0.29) is 5.92 Å². The number of likely N-dealkylation sites (N-methyl/N-ethyl adjacent to an activating group) is 1. The molecule has 0 amide bonds. The molecule has 1 N–H and O–H groups in total. The first-order chi connectivity index (χ1) is 6.97. The number of nitrogens with zero attached hydrogens (tertiary/aromatic N) is 2. The summed E-state index contributed by atoms with van der Waals surface area (Å²) in [6.45, 7) is 7.43. The van der Waals surface area contributed by atoms with Gasteiger partial charge in [0.2, 0.25) is 0 Å². The molecule has 4 heteroatoms. The van der Waals surface area contributed by atoms with Crippen LogP contribution >= 0.6 is 0 Å². The van der Waals surface area contributed by atoms with E-state index >= 15 is 0 Å². The molecule has 4 nitrogen and oxygen atoms in total. The van der Waals surface area contributed by atoms with E-state index in [9.17, 15) is 4.79 Å². The number of aliphatic carboxylic acids is 1. The number of carboxylic acid groups (broad SMARTS) is 1. The van der Waals surface area contributed by atoms with Gasteiger partial charge in [-0.15, -0.1) is 0 Å². The Morgan fingerprint density at radius 2 is 1.87 bits per heavy atom. The summed E-state index contributed by atoms with van der Waals surface area (Å²) < 4.78 is 0. The van der Waals surface area contributed by atoms with Gasteiger partial charge in [0.1, 0.15) is 0 Å². The number of rotatable bonds is 8. The summed E-state index contributed by atoms with van der Waals surface area (Å²) >= 11 is 0. The first-order valence-electron chi connectivity index (χ1n) is 5.57. The van der Waals surface area contributed by atoms with E-state index in [4.69, 9.17) is 5.11 Å². The van der Waals surface area contributed by atoms with Crippen LogP contribution in [0.5, 0.6) is 0 Å². The number of carboxylic acids is 1. The van der Waals surface area contributed by atoms with E-state index in [1.165, 1.54) is 0 Å². The van der Waals surface area contributed by atoms with Gasteiger partial charge in [-0.2, -0.15) is 0 Å². The second-order valence-corrected chi connectivity index (χ2v) is 4.34. The van der Waals surface area contributed by atoms with E-state index < -0.39 is 5.97 Å². The molecule has 0 aromatic carbocycles. The van der Waals surface area contributed by atoms with E-state index in [1.54, 1.807) is 6.92 Å². The van der Waals surface area contributed by atoms with Crippen LogP contribution in [0.1, 0.15) is 20.3 Å². The summed E-state index contributed by atoms with van der Waals surface area (Å²) in [5.74, 6) is -0.986.